The van der Waals surface area contributed by atoms with Crippen molar-refractivity contribution >= 4 is 40.6 Å². The van der Waals surface area contributed by atoms with Crippen LogP contribution in [0.4, 0.5) is 5.82 Å². The fourth-order valence-electron chi connectivity index (χ4n) is 4.45. The van der Waals surface area contributed by atoms with Crippen molar-refractivity contribution < 1.29 is 4.79 Å². The van der Waals surface area contributed by atoms with E-state index in [-0.39, 0.29) is 12.0 Å². The van der Waals surface area contributed by atoms with Crippen LogP contribution in [-0.4, -0.2) is 49.7 Å². The van der Waals surface area contributed by atoms with Crippen LogP contribution in [0, 0.1) is 5.92 Å². The zero-order valence-corrected chi connectivity index (χ0v) is 17.9. The lowest BCUT2D eigenvalue weighted by molar-refractivity contribution is -0.134. The fourth-order valence-corrected chi connectivity index (χ4v) is 4.97. The summed E-state index contributed by atoms with van der Waals surface area (Å²) in [7, 11) is 0. The molecule has 156 valence electrons. The molecular formula is C21H22Cl2N6O. The van der Waals surface area contributed by atoms with Crippen LogP contribution in [0.25, 0.3) is 17.0 Å². The third kappa shape index (κ3) is 3.84. The summed E-state index contributed by atoms with van der Waals surface area (Å²) >= 11 is 12.3. The van der Waals surface area contributed by atoms with Crippen LogP contribution in [0.5, 0.6) is 0 Å². The van der Waals surface area contributed by atoms with E-state index in [9.17, 15) is 4.79 Å². The van der Waals surface area contributed by atoms with Crippen molar-refractivity contribution in [1.29, 1.82) is 0 Å². The highest BCUT2D eigenvalue weighted by Crippen LogP contribution is 2.29. The Bertz CT molecular complexity index is 1070. The normalized spacial score (nSPS) is 19.7. The largest absolute Gasteiger partial charge is 0.364 e. The van der Waals surface area contributed by atoms with E-state index in [1.54, 1.807) is 22.7 Å². The number of rotatable bonds is 4. The highest BCUT2D eigenvalue weighted by molar-refractivity contribution is 6.35. The van der Waals surface area contributed by atoms with Gasteiger partial charge in [0.1, 0.15) is 5.82 Å². The van der Waals surface area contributed by atoms with Crippen LogP contribution >= 0.6 is 23.2 Å². The number of amides is 1. The van der Waals surface area contributed by atoms with Crippen molar-refractivity contribution in [3.8, 4) is 11.4 Å². The second kappa shape index (κ2) is 8.04. The molecular weight excluding hydrogens is 423 g/mol. The van der Waals surface area contributed by atoms with Crippen LogP contribution in [-0.2, 0) is 4.79 Å². The van der Waals surface area contributed by atoms with E-state index in [1.165, 1.54) is 12.8 Å². The summed E-state index contributed by atoms with van der Waals surface area (Å²) in [6.45, 7) is 1.52. The summed E-state index contributed by atoms with van der Waals surface area (Å²) in [5.74, 6) is 1.83. The Labute approximate surface area is 184 Å². The predicted molar refractivity (Wildman–Crippen MR) is 117 cm³/mol. The number of hydrogen-bond donors (Lipinski definition) is 1. The Morgan fingerprint density at radius 3 is 2.57 bits per heavy atom. The number of fused-ring (bicyclic) bond motifs is 1. The molecule has 1 saturated carbocycles. The number of nitrogens with one attached hydrogen (secondary N) is 1. The Hall–Kier alpha value is -2.38. The van der Waals surface area contributed by atoms with E-state index in [4.69, 9.17) is 23.2 Å². The van der Waals surface area contributed by atoms with Gasteiger partial charge in [-0.15, -0.1) is 15.3 Å². The number of nitrogens with zero attached hydrogens (tertiary/aromatic N) is 5. The van der Waals surface area contributed by atoms with Gasteiger partial charge >= 0.3 is 0 Å². The first-order valence-corrected chi connectivity index (χ1v) is 11.1. The molecule has 0 spiro atoms. The van der Waals surface area contributed by atoms with Crippen molar-refractivity contribution in [2.24, 2.45) is 5.92 Å². The minimum Gasteiger partial charge on any atom is -0.364 e. The molecule has 5 rings (SSSR count). The minimum atomic E-state index is 0.181. The molecule has 1 atom stereocenters. The van der Waals surface area contributed by atoms with Gasteiger partial charge in [-0.3, -0.25) is 4.79 Å². The van der Waals surface area contributed by atoms with E-state index in [0.29, 0.717) is 34.0 Å². The maximum Gasteiger partial charge on any atom is 0.225 e. The molecule has 1 aliphatic heterocycles. The molecule has 1 unspecified atom stereocenters. The van der Waals surface area contributed by atoms with Gasteiger partial charge in [-0.05, 0) is 49.6 Å². The highest BCUT2D eigenvalue weighted by atomic mass is 35.5. The van der Waals surface area contributed by atoms with E-state index < -0.39 is 0 Å². The highest BCUT2D eigenvalue weighted by Gasteiger charge is 2.32. The van der Waals surface area contributed by atoms with Crippen LogP contribution in [0.15, 0.2) is 30.3 Å². The number of benzene rings is 1. The lowest BCUT2D eigenvalue weighted by Gasteiger charge is -2.20. The van der Waals surface area contributed by atoms with Crippen molar-refractivity contribution in [2.45, 2.75) is 38.1 Å². The average Bonchev–Trinajstić information content (AvgIpc) is 3.47. The molecule has 1 aromatic carbocycles. The minimum absolute atomic E-state index is 0.181. The van der Waals surface area contributed by atoms with E-state index in [1.807, 2.05) is 17.0 Å². The summed E-state index contributed by atoms with van der Waals surface area (Å²) in [5.41, 5.74) is 1.38. The van der Waals surface area contributed by atoms with Gasteiger partial charge in [-0.2, -0.15) is 4.52 Å². The van der Waals surface area contributed by atoms with Crippen LogP contribution in [0.3, 0.4) is 0 Å². The van der Waals surface area contributed by atoms with Gasteiger partial charge in [0.2, 0.25) is 5.91 Å². The van der Waals surface area contributed by atoms with Crippen LogP contribution in [0.1, 0.15) is 32.1 Å². The quantitative estimate of drug-likeness (QED) is 0.648. The van der Waals surface area contributed by atoms with Crippen LogP contribution in [0.2, 0.25) is 10.0 Å². The zero-order chi connectivity index (χ0) is 20.7. The van der Waals surface area contributed by atoms with Gasteiger partial charge in [0, 0.05) is 40.7 Å². The number of anilines is 1. The lowest BCUT2D eigenvalue weighted by atomic mass is 10.1. The number of aromatic nitrogens is 4. The monoisotopic (exact) mass is 444 g/mol. The Morgan fingerprint density at radius 1 is 1.03 bits per heavy atom. The average molecular weight is 445 g/mol. The Balaban J connectivity index is 1.34. The molecule has 2 aromatic heterocycles. The molecule has 30 heavy (non-hydrogen) atoms. The molecule has 1 amide bonds. The molecule has 3 aromatic rings. The number of carbonyl (C=O) groups is 1. The fraction of sp³-hybridized carbons (Fsp3) is 0.429. The molecule has 3 heterocycles. The molecule has 1 N–H and O–H groups in total. The molecule has 1 aliphatic carbocycles. The smallest absolute Gasteiger partial charge is 0.225 e. The third-order valence-corrected chi connectivity index (χ3v) is 6.38. The standard InChI is InChI=1S/C21H22Cl2N6O/c22-15-9-14(10-16(23)11-15)20-26-25-19-6-5-18(27-29(19)20)24-17-7-8-28(12-17)21(30)13-3-1-2-4-13/h5-6,9-11,13,17H,1-4,7-8,12H2,(H,24,27). The molecule has 7 nitrogen and oxygen atoms in total. The van der Waals surface area contributed by atoms with Crippen molar-refractivity contribution in [3.05, 3.63) is 40.4 Å². The summed E-state index contributed by atoms with van der Waals surface area (Å²) in [6, 6.07) is 9.19. The molecule has 0 bridgehead atoms. The number of likely N-dealkylation sites (tertiary alicyclic amines) is 1. The summed E-state index contributed by atoms with van der Waals surface area (Å²) in [4.78, 5) is 14.7. The first-order chi connectivity index (χ1) is 14.6. The Kier molecular flexibility index (Phi) is 5.25. The maximum absolute atomic E-state index is 12.7. The second-order valence-corrected chi connectivity index (χ2v) is 8.94. The molecule has 9 heteroatoms. The van der Waals surface area contributed by atoms with Gasteiger partial charge in [-0.1, -0.05) is 36.0 Å². The SMILES string of the molecule is O=C(C1CCCC1)N1CCC(Nc2ccc3nnc(-c4cc(Cl)cc(Cl)c4)n3n2)C1. The molecule has 0 radical (unpaired) electrons. The summed E-state index contributed by atoms with van der Waals surface area (Å²) in [6.07, 6.45) is 5.34. The summed E-state index contributed by atoms with van der Waals surface area (Å²) < 4.78 is 1.68. The van der Waals surface area contributed by atoms with Gasteiger partial charge in [0.15, 0.2) is 11.5 Å². The van der Waals surface area contributed by atoms with Crippen molar-refractivity contribution in [2.75, 3.05) is 18.4 Å². The predicted octanol–water partition coefficient (Wildman–Crippen LogP) is 4.30. The van der Waals surface area contributed by atoms with E-state index in [0.717, 1.165) is 37.2 Å². The van der Waals surface area contributed by atoms with Crippen molar-refractivity contribution in [1.82, 2.24) is 24.7 Å². The molecule has 2 aliphatic rings. The van der Waals surface area contributed by atoms with E-state index >= 15 is 0 Å². The second-order valence-electron chi connectivity index (χ2n) is 8.07. The first-order valence-electron chi connectivity index (χ1n) is 10.3. The lowest BCUT2D eigenvalue weighted by Crippen LogP contribution is -2.35. The van der Waals surface area contributed by atoms with Gasteiger partial charge in [0.25, 0.3) is 0 Å². The van der Waals surface area contributed by atoms with Gasteiger partial charge < -0.3 is 10.2 Å². The topological polar surface area (TPSA) is 75.4 Å². The van der Waals surface area contributed by atoms with Gasteiger partial charge in [0.05, 0.1) is 0 Å². The van der Waals surface area contributed by atoms with E-state index in [2.05, 4.69) is 20.6 Å². The number of carbonyl (C=O) groups excluding carboxylic acids is 1. The third-order valence-electron chi connectivity index (χ3n) is 5.94. The van der Waals surface area contributed by atoms with Crippen molar-refractivity contribution in [3.63, 3.8) is 0 Å². The van der Waals surface area contributed by atoms with Crippen LogP contribution < -0.4 is 5.32 Å². The molecule has 2 fully saturated rings. The first kappa shape index (κ1) is 19.6. The number of hydrogen-bond acceptors (Lipinski definition) is 5. The maximum atomic E-state index is 12.7. The summed E-state index contributed by atoms with van der Waals surface area (Å²) in [5, 5.41) is 17.6. The zero-order valence-electron chi connectivity index (χ0n) is 16.4. The molecule has 1 saturated heterocycles. The Morgan fingerprint density at radius 2 is 1.80 bits per heavy atom. The van der Waals surface area contributed by atoms with Gasteiger partial charge in [-0.25, -0.2) is 0 Å². The number of halogens is 2.